The van der Waals surface area contributed by atoms with Gasteiger partial charge in [-0.15, -0.1) is 0 Å². The lowest BCUT2D eigenvalue weighted by Gasteiger charge is -2.19. The second-order valence-electron chi connectivity index (χ2n) is 10.1. The van der Waals surface area contributed by atoms with Gasteiger partial charge in [0.2, 0.25) is 0 Å². The normalized spacial score (nSPS) is 13.3. The molecule has 0 radical (unpaired) electrons. The van der Waals surface area contributed by atoms with Gasteiger partial charge in [-0.05, 0) is 39.9 Å². The Morgan fingerprint density at radius 3 is 1.69 bits per heavy atom. The third-order valence-corrected chi connectivity index (χ3v) is 7.06. The van der Waals surface area contributed by atoms with Crippen LogP contribution < -0.4 is 0 Å². The van der Waals surface area contributed by atoms with Crippen molar-refractivity contribution in [3.63, 3.8) is 0 Å². The van der Waals surface area contributed by atoms with E-state index in [1.54, 1.807) is 6.92 Å². The van der Waals surface area contributed by atoms with Gasteiger partial charge >= 0.3 is 14.6 Å². The summed E-state index contributed by atoms with van der Waals surface area (Å²) in [4.78, 5) is 23.7. The van der Waals surface area contributed by atoms with Gasteiger partial charge in [0.05, 0.1) is 13.2 Å². The summed E-state index contributed by atoms with van der Waals surface area (Å²) < 4.78 is 16.3. The number of hydrogen-bond donors (Lipinski definition) is 1. The Bertz CT molecular complexity index is 453. The summed E-state index contributed by atoms with van der Waals surface area (Å²) in [5.41, 5.74) is 0. The fourth-order valence-corrected chi connectivity index (χ4v) is 4.73. The highest BCUT2D eigenvalue weighted by atomic mass is 31.2. The quantitative estimate of drug-likeness (QED) is 0.0671. The summed E-state index contributed by atoms with van der Waals surface area (Å²) >= 11 is 0. The van der Waals surface area contributed by atoms with Crippen LogP contribution in [-0.2, 0) is 18.6 Å². The minimum atomic E-state index is -1.92. The van der Waals surface area contributed by atoms with Crippen molar-refractivity contribution in [2.24, 2.45) is 0 Å². The maximum absolute atomic E-state index is 11.7. The Kier molecular flexibility index (Phi) is 26.6. The van der Waals surface area contributed by atoms with Crippen LogP contribution in [0.15, 0.2) is 0 Å². The van der Waals surface area contributed by atoms with Crippen molar-refractivity contribution in [2.75, 3.05) is 33.9 Å². The molecule has 0 amide bonds. The van der Waals surface area contributed by atoms with E-state index in [-0.39, 0.29) is 18.7 Å². The van der Waals surface area contributed by atoms with Crippen molar-refractivity contribution < 1.29 is 23.5 Å². The van der Waals surface area contributed by atoms with Gasteiger partial charge in [-0.3, -0.25) is 4.79 Å². The maximum Gasteiger partial charge on any atom is 0.329 e. The molecule has 0 spiro atoms. The van der Waals surface area contributed by atoms with E-state index in [1.807, 2.05) is 14.1 Å². The van der Waals surface area contributed by atoms with Gasteiger partial charge in [-0.1, -0.05) is 110 Å². The molecule has 0 rings (SSSR count). The van der Waals surface area contributed by atoms with E-state index in [1.165, 1.54) is 89.9 Å². The molecule has 35 heavy (non-hydrogen) atoms. The van der Waals surface area contributed by atoms with Crippen LogP contribution in [0.2, 0.25) is 0 Å². The SMILES string of the molecule is CCCCCCCCCCCCCCCCCCC(COP(O)OCCCN(C)C)OC(=O)CC. The molecule has 7 heteroatoms. The predicted octanol–water partition coefficient (Wildman–Crippen LogP) is 8.16. The monoisotopic (exact) mass is 519 g/mol. The third kappa shape index (κ3) is 26.6. The first kappa shape index (κ1) is 34.7. The van der Waals surface area contributed by atoms with Gasteiger partial charge in [-0.25, -0.2) is 0 Å². The standard InChI is InChI=1S/C28H58NO5P/c1-5-7-8-9-10-11-12-13-14-15-16-17-18-19-20-21-23-27(34-28(30)6-2)26-33-35(31)32-25-22-24-29(3)4/h27,31H,5-26H2,1-4H3. The molecular weight excluding hydrogens is 461 g/mol. The topological polar surface area (TPSA) is 68.2 Å². The molecule has 1 N–H and O–H groups in total. The van der Waals surface area contributed by atoms with Gasteiger partial charge in [0, 0.05) is 6.42 Å². The number of unbranched alkanes of at least 4 members (excludes halogenated alkanes) is 15. The summed E-state index contributed by atoms with van der Waals surface area (Å²) in [6.45, 7) is 5.62. The van der Waals surface area contributed by atoms with Gasteiger partial charge in [-0.2, -0.15) is 0 Å². The van der Waals surface area contributed by atoms with Crippen LogP contribution in [0, 0.1) is 0 Å². The fraction of sp³-hybridized carbons (Fsp3) is 0.964. The summed E-state index contributed by atoms with van der Waals surface area (Å²) in [5, 5.41) is 0. The first-order valence-corrected chi connectivity index (χ1v) is 15.7. The van der Waals surface area contributed by atoms with Crippen molar-refractivity contribution in [2.45, 2.75) is 142 Å². The highest BCUT2D eigenvalue weighted by molar-refractivity contribution is 7.40. The first-order chi connectivity index (χ1) is 17.0. The number of carbonyl (C=O) groups excluding carboxylic acids is 1. The average Bonchev–Trinajstić information content (AvgIpc) is 2.84. The molecule has 0 aromatic heterocycles. The molecule has 0 aliphatic heterocycles. The highest BCUT2D eigenvalue weighted by Crippen LogP contribution is 2.33. The molecule has 0 aromatic rings. The van der Waals surface area contributed by atoms with E-state index < -0.39 is 8.60 Å². The van der Waals surface area contributed by atoms with Crippen molar-refractivity contribution in [1.29, 1.82) is 0 Å². The Labute approximate surface area is 218 Å². The van der Waals surface area contributed by atoms with E-state index in [4.69, 9.17) is 13.8 Å². The van der Waals surface area contributed by atoms with Crippen molar-refractivity contribution in [3.05, 3.63) is 0 Å². The number of rotatable bonds is 27. The molecule has 0 heterocycles. The molecule has 0 fully saturated rings. The highest BCUT2D eigenvalue weighted by Gasteiger charge is 2.17. The summed E-state index contributed by atoms with van der Waals surface area (Å²) in [6, 6.07) is 0. The van der Waals surface area contributed by atoms with Crippen LogP contribution in [-0.4, -0.2) is 55.7 Å². The van der Waals surface area contributed by atoms with Crippen LogP contribution in [0.25, 0.3) is 0 Å². The molecule has 0 aliphatic carbocycles. The second kappa shape index (κ2) is 26.8. The molecule has 2 unspecified atom stereocenters. The Morgan fingerprint density at radius 2 is 1.23 bits per heavy atom. The van der Waals surface area contributed by atoms with Gasteiger partial charge < -0.3 is 23.6 Å². The molecular formula is C28H58NO5P. The van der Waals surface area contributed by atoms with Crippen molar-refractivity contribution in [1.82, 2.24) is 4.90 Å². The maximum atomic E-state index is 11.7. The molecule has 0 aliphatic rings. The molecule has 6 nitrogen and oxygen atoms in total. The number of ether oxygens (including phenoxy) is 1. The molecule has 0 aromatic carbocycles. The van der Waals surface area contributed by atoms with Crippen molar-refractivity contribution >= 4 is 14.6 Å². The lowest BCUT2D eigenvalue weighted by molar-refractivity contribution is -0.150. The second-order valence-corrected chi connectivity index (χ2v) is 11.1. The van der Waals surface area contributed by atoms with E-state index >= 15 is 0 Å². The minimum Gasteiger partial charge on any atom is -0.460 e. The Morgan fingerprint density at radius 1 is 0.743 bits per heavy atom. The zero-order chi connectivity index (χ0) is 26.0. The summed E-state index contributed by atoms with van der Waals surface area (Å²) in [6.07, 6.45) is 23.0. The van der Waals surface area contributed by atoms with Crippen LogP contribution in [0.3, 0.4) is 0 Å². The van der Waals surface area contributed by atoms with E-state index in [0.717, 1.165) is 32.2 Å². The van der Waals surface area contributed by atoms with Crippen LogP contribution in [0.5, 0.6) is 0 Å². The van der Waals surface area contributed by atoms with E-state index in [9.17, 15) is 9.69 Å². The number of nitrogens with zero attached hydrogens (tertiary/aromatic N) is 1. The van der Waals surface area contributed by atoms with Crippen LogP contribution in [0.1, 0.15) is 136 Å². The van der Waals surface area contributed by atoms with Crippen LogP contribution >= 0.6 is 8.60 Å². The lowest BCUT2D eigenvalue weighted by atomic mass is 10.0. The molecule has 2 atom stereocenters. The van der Waals surface area contributed by atoms with E-state index in [0.29, 0.717) is 13.0 Å². The Hall–Kier alpha value is -0.260. The molecule has 0 saturated carbocycles. The molecule has 0 saturated heterocycles. The van der Waals surface area contributed by atoms with Crippen molar-refractivity contribution in [3.8, 4) is 0 Å². The molecule has 210 valence electrons. The minimum absolute atomic E-state index is 0.195. The van der Waals surface area contributed by atoms with Gasteiger partial charge in [0.25, 0.3) is 0 Å². The average molecular weight is 520 g/mol. The van der Waals surface area contributed by atoms with Crippen LogP contribution in [0.4, 0.5) is 0 Å². The number of esters is 1. The largest absolute Gasteiger partial charge is 0.460 e. The zero-order valence-electron chi connectivity index (χ0n) is 23.6. The smallest absolute Gasteiger partial charge is 0.329 e. The lowest BCUT2D eigenvalue weighted by Crippen LogP contribution is -2.22. The zero-order valence-corrected chi connectivity index (χ0v) is 24.5. The Balaban J connectivity index is 3.70. The third-order valence-electron chi connectivity index (χ3n) is 6.29. The van der Waals surface area contributed by atoms with E-state index in [2.05, 4.69) is 11.8 Å². The number of hydrogen-bond acceptors (Lipinski definition) is 6. The number of carbonyl (C=O) groups is 1. The van der Waals surface area contributed by atoms with Gasteiger partial charge in [0.1, 0.15) is 6.10 Å². The molecule has 0 bridgehead atoms. The predicted molar refractivity (Wildman–Crippen MR) is 149 cm³/mol. The fourth-order valence-electron chi connectivity index (χ4n) is 4.07. The summed E-state index contributed by atoms with van der Waals surface area (Å²) in [5.74, 6) is -0.218. The first-order valence-electron chi connectivity index (χ1n) is 14.6. The summed E-state index contributed by atoms with van der Waals surface area (Å²) in [7, 11) is 2.08. The van der Waals surface area contributed by atoms with Gasteiger partial charge in [0.15, 0.2) is 0 Å².